The molecule has 100 valence electrons. The molecule has 0 fully saturated rings. The van der Waals surface area contributed by atoms with Crippen molar-refractivity contribution in [3.63, 3.8) is 0 Å². The van der Waals surface area contributed by atoms with Gasteiger partial charge in [-0.05, 0) is 56.2 Å². The molecule has 0 saturated heterocycles. The van der Waals surface area contributed by atoms with Crippen molar-refractivity contribution in [3.8, 4) is 0 Å². The number of carbonyl (C=O) groups is 1. The highest BCUT2D eigenvalue weighted by molar-refractivity contribution is 6.01. The first-order valence-electron chi connectivity index (χ1n) is 6.64. The zero-order valence-electron chi connectivity index (χ0n) is 11.8. The lowest BCUT2D eigenvalue weighted by Gasteiger charge is -2.07. The largest absolute Gasteiger partial charge is 0.268 e. The number of fused-ring (bicyclic) bond motifs is 1. The molecule has 3 aromatic rings. The van der Waals surface area contributed by atoms with E-state index in [0.717, 1.165) is 22.4 Å². The van der Waals surface area contributed by atoms with Gasteiger partial charge in [-0.1, -0.05) is 18.2 Å². The second kappa shape index (κ2) is 4.60. The van der Waals surface area contributed by atoms with E-state index in [-0.39, 0.29) is 5.91 Å². The average molecular weight is 264 g/mol. The lowest BCUT2D eigenvalue weighted by molar-refractivity contribution is 0.0962. The number of rotatable bonds is 1. The number of aryl methyl sites for hydroxylation is 3. The number of aromatic nitrogens is 2. The van der Waals surface area contributed by atoms with Crippen molar-refractivity contribution in [3.05, 3.63) is 65.0 Å². The van der Waals surface area contributed by atoms with E-state index in [2.05, 4.69) is 4.98 Å². The Bertz CT molecular complexity index is 815. The van der Waals surface area contributed by atoms with Crippen LogP contribution in [0.4, 0.5) is 0 Å². The molecule has 3 rings (SSSR count). The SMILES string of the molecule is Cc1ccc(C(=O)n2c(C)nc3ccccc32)cc1C. The fraction of sp³-hybridized carbons (Fsp3) is 0.176. The summed E-state index contributed by atoms with van der Waals surface area (Å²) in [5.41, 5.74) is 4.71. The van der Waals surface area contributed by atoms with E-state index in [1.807, 2.05) is 63.2 Å². The number of imidazole rings is 1. The number of carbonyl (C=O) groups excluding carboxylic acids is 1. The Kier molecular flexibility index (Phi) is 2.90. The van der Waals surface area contributed by atoms with Crippen LogP contribution < -0.4 is 0 Å². The van der Waals surface area contributed by atoms with Crippen molar-refractivity contribution in [1.29, 1.82) is 0 Å². The second-order valence-corrected chi connectivity index (χ2v) is 5.09. The van der Waals surface area contributed by atoms with Gasteiger partial charge in [0, 0.05) is 5.56 Å². The molecule has 0 spiro atoms. The third-order valence-electron chi connectivity index (χ3n) is 3.69. The molecule has 2 aromatic carbocycles. The van der Waals surface area contributed by atoms with Gasteiger partial charge in [0.25, 0.3) is 5.91 Å². The summed E-state index contributed by atoms with van der Waals surface area (Å²) in [6.07, 6.45) is 0. The lowest BCUT2D eigenvalue weighted by Crippen LogP contribution is -2.13. The number of hydrogen-bond donors (Lipinski definition) is 0. The highest BCUT2D eigenvalue weighted by Crippen LogP contribution is 2.18. The maximum atomic E-state index is 12.7. The molecular formula is C17H16N2O. The van der Waals surface area contributed by atoms with Crippen LogP contribution in [-0.2, 0) is 0 Å². The van der Waals surface area contributed by atoms with Crippen molar-refractivity contribution in [2.75, 3.05) is 0 Å². The topological polar surface area (TPSA) is 34.9 Å². The highest BCUT2D eigenvalue weighted by Gasteiger charge is 2.15. The van der Waals surface area contributed by atoms with E-state index >= 15 is 0 Å². The van der Waals surface area contributed by atoms with Crippen LogP contribution in [0.2, 0.25) is 0 Å². The third-order valence-corrected chi connectivity index (χ3v) is 3.69. The molecule has 0 atom stereocenters. The van der Waals surface area contributed by atoms with Gasteiger partial charge < -0.3 is 0 Å². The quantitative estimate of drug-likeness (QED) is 0.672. The number of hydrogen-bond acceptors (Lipinski definition) is 2. The van der Waals surface area contributed by atoms with E-state index in [1.165, 1.54) is 5.56 Å². The zero-order chi connectivity index (χ0) is 14.3. The van der Waals surface area contributed by atoms with Crippen molar-refractivity contribution < 1.29 is 4.79 Å². The number of nitrogens with zero attached hydrogens (tertiary/aromatic N) is 2. The molecule has 0 saturated carbocycles. The predicted octanol–water partition coefficient (Wildman–Crippen LogP) is 3.65. The fourth-order valence-corrected chi connectivity index (χ4v) is 2.41. The molecule has 0 aliphatic heterocycles. The summed E-state index contributed by atoms with van der Waals surface area (Å²) >= 11 is 0. The monoisotopic (exact) mass is 264 g/mol. The van der Waals surface area contributed by atoms with E-state index in [1.54, 1.807) is 4.57 Å². The molecule has 20 heavy (non-hydrogen) atoms. The van der Waals surface area contributed by atoms with Gasteiger partial charge in [-0.25, -0.2) is 4.98 Å². The molecular weight excluding hydrogens is 248 g/mol. The van der Waals surface area contributed by atoms with E-state index in [4.69, 9.17) is 0 Å². The number of benzene rings is 2. The summed E-state index contributed by atoms with van der Waals surface area (Å²) in [5.74, 6) is 0.689. The van der Waals surface area contributed by atoms with Crippen LogP contribution in [0.3, 0.4) is 0 Å². The van der Waals surface area contributed by atoms with Crippen LogP contribution >= 0.6 is 0 Å². The molecule has 1 heterocycles. The van der Waals surface area contributed by atoms with Crippen LogP contribution in [0.1, 0.15) is 27.3 Å². The van der Waals surface area contributed by atoms with Gasteiger partial charge in [-0.2, -0.15) is 0 Å². The molecule has 0 aliphatic rings. The molecule has 3 nitrogen and oxygen atoms in total. The van der Waals surface area contributed by atoms with Gasteiger partial charge in [-0.3, -0.25) is 9.36 Å². The van der Waals surface area contributed by atoms with Gasteiger partial charge in [-0.15, -0.1) is 0 Å². The summed E-state index contributed by atoms with van der Waals surface area (Å²) in [6.45, 7) is 5.92. The van der Waals surface area contributed by atoms with Crippen molar-refractivity contribution in [2.24, 2.45) is 0 Å². The Morgan fingerprint density at radius 2 is 1.75 bits per heavy atom. The van der Waals surface area contributed by atoms with Crippen LogP contribution in [0.5, 0.6) is 0 Å². The maximum Gasteiger partial charge on any atom is 0.263 e. The molecule has 0 aliphatic carbocycles. The Labute approximate surface area is 117 Å². The minimum absolute atomic E-state index is 0.0284. The van der Waals surface area contributed by atoms with E-state index in [9.17, 15) is 4.79 Å². The van der Waals surface area contributed by atoms with Gasteiger partial charge in [0.05, 0.1) is 11.0 Å². The van der Waals surface area contributed by atoms with Crippen molar-refractivity contribution >= 4 is 16.9 Å². The van der Waals surface area contributed by atoms with Crippen LogP contribution in [0.25, 0.3) is 11.0 Å². The smallest absolute Gasteiger partial charge is 0.263 e. The third kappa shape index (κ3) is 1.92. The summed E-state index contributed by atoms with van der Waals surface area (Å²) < 4.78 is 1.68. The summed E-state index contributed by atoms with van der Waals surface area (Å²) in [5, 5.41) is 0. The van der Waals surface area contributed by atoms with Gasteiger partial charge in [0.2, 0.25) is 0 Å². The Morgan fingerprint density at radius 3 is 2.50 bits per heavy atom. The Morgan fingerprint density at radius 1 is 1.00 bits per heavy atom. The molecule has 0 amide bonds. The van der Waals surface area contributed by atoms with Crippen LogP contribution in [-0.4, -0.2) is 15.5 Å². The summed E-state index contributed by atoms with van der Waals surface area (Å²) in [6, 6.07) is 13.5. The molecule has 0 radical (unpaired) electrons. The second-order valence-electron chi connectivity index (χ2n) is 5.09. The minimum atomic E-state index is -0.0284. The molecule has 1 aromatic heterocycles. The zero-order valence-corrected chi connectivity index (χ0v) is 11.8. The molecule has 0 N–H and O–H groups in total. The number of para-hydroxylation sites is 2. The predicted molar refractivity (Wildman–Crippen MR) is 80.1 cm³/mol. The van der Waals surface area contributed by atoms with Gasteiger partial charge in [0.1, 0.15) is 5.82 Å². The first-order chi connectivity index (χ1) is 9.58. The van der Waals surface area contributed by atoms with Crippen molar-refractivity contribution in [2.45, 2.75) is 20.8 Å². The Hall–Kier alpha value is -2.42. The fourth-order valence-electron chi connectivity index (χ4n) is 2.41. The van der Waals surface area contributed by atoms with Crippen LogP contribution in [0.15, 0.2) is 42.5 Å². The van der Waals surface area contributed by atoms with E-state index < -0.39 is 0 Å². The molecule has 0 bridgehead atoms. The lowest BCUT2D eigenvalue weighted by atomic mass is 10.1. The van der Waals surface area contributed by atoms with Gasteiger partial charge in [0.15, 0.2) is 0 Å². The van der Waals surface area contributed by atoms with Crippen molar-refractivity contribution in [1.82, 2.24) is 9.55 Å². The first-order valence-corrected chi connectivity index (χ1v) is 6.64. The van der Waals surface area contributed by atoms with Crippen LogP contribution in [0, 0.1) is 20.8 Å². The average Bonchev–Trinajstić information content (AvgIpc) is 2.77. The van der Waals surface area contributed by atoms with E-state index in [0.29, 0.717) is 5.56 Å². The first kappa shape index (κ1) is 12.6. The summed E-state index contributed by atoms with van der Waals surface area (Å²) in [7, 11) is 0. The minimum Gasteiger partial charge on any atom is -0.268 e. The molecule has 3 heteroatoms. The molecule has 0 unspecified atom stereocenters. The van der Waals surface area contributed by atoms with Gasteiger partial charge >= 0.3 is 0 Å². The highest BCUT2D eigenvalue weighted by atomic mass is 16.2. The Balaban J connectivity index is 2.17. The maximum absolute atomic E-state index is 12.7. The summed E-state index contributed by atoms with van der Waals surface area (Å²) in [4.78, 5) is 17.2. The standard InChI is InChI=1S/C17H16N2O/c1-11-8-9-14(10-12(11)2)17(20)19-13(3)18-15-6-4-5-7-16(15)19/h4-10H,1-3H3. The normalized spacial score (nSPS) is 10.9.